The molecule has 0 spiro atoms. The average Bonchev–Trinajstić information content (AvgIpc) is 2.77. The van der Waals surface area contributed by atoms with Crippen molar-refractivity contribution >= 4 is 22.3 Å². The van der Waals surface area contributed by atoms with Crippen LogP contribution in [0.1, 0.15) is 39.5 Å². The van der Waals surface area contributed by atoms with Gasteiger partial charge in [-0.25, -0.2) is 0 Å². The van der Waals surface area contributed by atoms with Crippen LogP contribution in [0.15, 0.2) is 18.3 Å². The Hall–Kier alpha value is -1.71. The maximum atomic E-state index is 6.04. The van der Waals surface area contributed by atoms with Gasteiger partial charge in [-0.1, -0.05) is 26.2 Å². The second-order valence-corrected chi connectivity index (χ2v) is 4.94. The van der Waals surface area contributed by atoms with Gasteiger partial charge in [0.2, 0.25) is 0 Å². The summed E-state index contributed by atoms with van der Waals surface area (Å²) in [6.45, 7) is 4.43. The number of unbranched alkanes of at least 4 members (excludes halogenated alkanes) is 2. The molecular formula is C14H22N4. The largest absolute Gasteiger partial charge is 0.397 e. The van der Waals surface area contributed by atoms with Gasteiger partial charge in [0.25, 0.3) is 0 Å². The van der Waals surface area contributed by atoms with Crippen LogP contribution in [0.25, 0.3) is 10.9 Å². The van der Waals surface area contributed by atoms with Crippen molar-refractivity contribution in [1.82, 2.24) is 10.2 Å². The van der Waals surface area contributed by atoms with Gasteiger partial charge in [-0.15, -0.1) is 0 Å². The lowest BCUT2D eigenvalue weighted by atomic mass is 10.1. The number of nitrogen functional groups attached to an aromatic ring is 1. The number of benzene rings is 1. The first-order valence-electron chi connectivity index (χ1n) is 6.70. The van der Waals surface area contributed by atoms with E-state index in [2.05, 4.69) is 29.4 Å². The highest BCUT2D eigenvalue weighted by molar-refractivity contribution is 5.88. The summed E-state index contributed by atoms with van der Waals surface area (Å²) < 4.78 is 0. The molecule has 18 heavy (non-hydrogen) atoms. The molecule has 0 aliphatic rings. The molecule has 1 aromatic carbocycles. The fraction of sp³-hybridized carbons (Fsp3) is 0.500. The molecule has 98 valence electrons. The molecule has 2 rings (SSSR count). The molecule has 0 bridgehead atoms. The summed E-state index contributed by atoms with van der Waals surface area (Å²) in [4.78, 5) is 0. The first-order valence-corrected chi connectivity index (χ1v) is 6.70. The summed E-state index contributed by atoms with van der Waals surface area (Å²) in [7, 11) is 0. The second kappa shape index (κ2) is 5.76. The number of rotatable bonds is 6. The van der Waals surface area contributed by atoms with E-state index in [1.807, 2.05) is 12.1 Å². The number of nitrogens with two attached hydrogens (primary N) is 1. The maximum absolute atomic E-state index is 6.04. The van der Waals surface area contributed by atoms with Crippen molar-refractivity contribution in [2.24, 2.45) is 0 Å². The predicted molar refractivity (Wildman–Crippen MR) is 77.7 cm³/mol. The van der Waals surface area contributed by atoms with E-state index in [-0.39, 0.29) is 0 Å². The van der Waals surface area contributed by atoms with Crippen molar-refractivity contribution in [1.29, 1.82) is 0 Å². The zero-order valence-corrected chi connectivity index (χ0v) is 11.2. The molecule has 2 aromatic rings. The van der Waals surface area contributed by atoms with Crippen molar-refractivity contribution < 1.29 is 0 Å². The zero-order chi connectivity index (χ0) is 13.0. The standard InChI is InChI=1S/C14H22N4/c1-3-4-5-6-10(2)17-14-8-13-11(7-12(14)15)9-16-18-13/h7-10,17H,3-6,15H2,1-2H3,(H,16,18). The van der Waals surface area contributed by atoms with Crippen LogP contribution in [0, 0.1) is 0 Å². The molecule has 0 aliphatic heterocycles. The van der Waals surface area contributed by atoms with E-state index >= 15 is 0 Å². The molecular weight excluding hydrogens is 224 g/mol. The smallest absolute Gasteiger partial charge is 0.0672 e. The zero-order valence-electron chi connectivity index (χ0n) is 11.2. The van der Waals surface area contributed by atoms with Crippen LogP contribution < -0.4 is 11.1 Å². The molecule has 0 saturated carbocycles. The van der Waals surface area contributed by atoms with E-state index in [1.54, 1.807) is 6.20 Å². The normalized spacial score (nSPS) is 12.8. The fourth-order valence-electron chi connectivity index (χ4n) is 2.17. The van der Waals surface area contributed by atoms with Crippen LogP contribution in [0.2, 0.25) is 0 Å². The first-order chi connectivity index (χ1) is 8.70. The predicted octanol–water partition coefficient (Wildman–Crippen LogP) is 3.53. The molecule has 0 radical (unpaired) electrons. The Morgan fingerprint density at radius 3 is 3.00 bits per heavy atom. The van der Waals surface area contributed by atoms with Crippen LogP contribution in [0.5, 0.6) is 0 Å². The third-order valence-corrected chi connectivity index (χ3v) is 3.25. The van der Waals surface area contributed by atoms with Crippen LogP contribution in [0.3, 0.4) is 0 Å². The summed E-state index contributed by atoms with van der Waals surface area (Å²) in [5.74, 6) is 0. The van der Waals surface area contributed by atoms with Crippen molar-refractivity contribution in [3.8, 4) is 0 Å². The summed E-state index contributed by atoms with van der Waals surface area (Å²) >= 11 is 0. The molecule has 1 unspecified atom stereocenters. The number of anilines is 2. The summed E-state index contributed by atoms with van der Waals surface area (Å²) in [5.41, 5.74) is 8.85. The average molecular weight is 246 g/mol. The van der Waals surface area contributed by atoms with Crippen LogP contribution >= 0.6 is 0 Å². The van der Waals surface area contributed by atoms with Crippen molar-refractivity contribution in [3.05, 3.63) is 18.3 Å². The number of aromatic nitrogens is 2. The number of aromatic amines is 1. The third kappa shape index (κ3) is 2.94. The van der Waals surface area contributed by atoms with Crippen LogP contribution in [-0.4, -0.2) is 16.2 Å². The van der Waals surface area contributed by atoms with Gasteiger partial charge in [0.1, 0.15) is 0 Å². The van der Waals surface area contributed by atoms with Gasteiger partial charge in [0.15, 0.2) is 0 Å². The summed E-state index contributed by atoms with van der Waals surface area (Å²) in [5, 5.41) is 11.5. The lowest BCUT2D eigenvalue weighted by molar-refractivity contribution is 0.615. The summed E-state index contributed by atoms with van der Waals surface area (Å²) in [6.07, 6.45) is 6.78. The molecule has 1 heterocycles. The molecule has 0 amide bonds. The number of fused-ring (bicyclic) bond motifs is 1. The Kier molecular flexibility index (Phi) is 4.07. The Bertz CT molecular complexity index is 503. The van der Waals surface area contributed by atoms with E-state index in [4.69, 9.17) is 5.73 Å². The van der Waals surface area contributed by atoms with E-state index in [0.29, 0.717) is 6.04 Å². The van der Waals surface area contributed by atoms with Crippen LogP contribution in [0.4, 0.5) is 11.4 Å². The van der Waals surface area contributed by atoms with Gasteiger partial charge in [-0.05, 0) is 25.5 Å². The quantitative estimate of drug-likeness (QED) is 0.539. The molecule has 1 aromatic heterocycles. The summed E-state index contributed by atoms with van der Waals surface area (Å²) in [6, 6.07) is 4.44. The van der Waals surface area contributed by atoms with Gasteiger partial charge >= 0.3 is 0 Å². The van der Waals surface area contributed by atoms with Gasteiger partial charge in [0, 0.05) is 11.4 Å². The van der Waals surface area contributed by atoms with E-state index in [1.165, 1.54) is 25.7 Å². The lowest BCUT2D eigenvalue weighted by Gasteiger charge is -2.16. The first kappa shape index (κ1) is 12.7. The highest BCUT2D eigenvalue weighted by Gasteiger charge is 2.07. The fourth-order valence-corrected chi connectivity index (χ4v) is 2.17. The highest BCUT2D eigenvalue weighted by atomic mass is 15.1. The van der Waals surface area contributed by atoms with Gasteiger partial charge in [-0.2, -0.15) is 5.10 Å². The number of nitrogens with zero attached hydrogens (tertiary/aromatic N) is 1. The molecule has 0 aliphatic carbocycles. The molecule has 4 nitrogen and oxygen atoms in total. The van der Waals surface area contributed by atoms with Crippen LogP contribution in [-0.2, 0) is 0 Å². The number of hydrogen-bond donors (Lipinski definition) is 3. The topological polar surface area (TPSA) is 66.7 Å². The SMILES string of the molecule is CCCCCC(C)Nc1cc2[nH]ncc2cc1N. The van der Waals surface area contributed by atoms with Crippen molar-refractivity contribution in [2.75, 3.05) is 11.1 Å². The lowest BCUT2D eigenvalue weighted by Crippen LogP contribution is -2.15. The second-order valence-electron chi connectivity index (χ2n) is 4.94. The van der Waals surface area contributed by atoms with E-state index < -0.39 is 0 Å². The minimum absolute atomic E-state index is 0.444. The number of hydrogen-bond acceptors (Lipinski definition) is 3. The number of nitrogens with one attached hydrogen (secondary N) is 2. The third-order valence-electron chi connectivity index (χ3n) is 3.25. The monoisotopic (exact) mass is 246 g/mol. The van der Waals surface area contributed by atoms with Gasteiger partial charge in [0.05, 0.1) is 23.1 Å². The number of H-pyrrole nitrogens is 1. The minimum atomic E-state index is 0.444. The van der Waals surface area contributed by atoms with E-state index in [0.717, 1.165) is 22.3 Å². The Morgan fingerprint density at radius 2 is 2.22 bits per heavy atom. The molecule has 4 N–H and O–H groups in total. The molecule has 0 saturated heterocycles. The Morgan fingerprint density at radius 1 is 1.39 bits per heavy atom. The highest BCUT2D eigenvalue weighted by Crippen LogP contribution is 2.25. The minimum Gasteiger partial charge on any atom is -0.397 e. The van der Waals surface area contributed by atoms with Crippen molar-refractivity contribution in [2.45, 2.75) is 45.6 Å². The Balaban J connectivity index is 2.03. The van der Waals surface area contributed by atoms with E-state index in [9.17, 15) is 0 Å². The molecule has 0 fully saturated rings. The molecule has 4 heteroatoms. The van der Waals surface area contributed by atoms with Gasteiger partial charge < -0.3 is 11.1 Å². The van der Waals surface area contributed by atoms with Gasteiger partial charge in [-0.3, -0.25) is 5.10 Å². The molecule has 1 atom stereocenters. The van der Waals surface area contributed by atoms with Crippen molar-refractivity contribution in [3.63, 3.8) is 0 Å². The maximum Gasteiger partial charge on any atom is 0.0672 e. The Labute approximate surface area is 108 Å².